The smallest absolute Gasteiger partial charge is 0.665 e. The molecule has 0 aromatic rings. The van der Waals surface area contributed by atoms with Gasteiger partial charge in [0, 0.05) is 0 Å². The first-order valence-corrected chi connectivity index (χ1v) is 9.31. The van der Waals surface area contributed by atoms with Crippen LogP contribution in [0.15, 0.2) is 0 Å². The molecule has 0 heterocycles. The Labute approximate surface area is 176 Å². The topological polar surface area (TPSA) is 56.4 Å². The van der Waals surface area contributed by atoms with Crippen LogP contribution in [-0.2, 0) is 21.7 Å². The minimum Gasteiger partial charge on any atom is -0.665 e. The van der Waals surface area contributed by atoms with E-state index >= 15 is 0 Å². The summed E-state index contributed by atoms with van der Waals surface area (Å²) in [5.74, 6) is 2.93. The van der Waals surface area contributed by atoms with Gasteiger partial charge in [-0.05, 0) is 0 Å². The van der Waals surface area contributed by atoms with Gasteiger partial charge in [0.25, 0.3) is 0 Å². The van der Waals surface area contributed by atoms with Gasteiger partial charge in [-0.1, -0.05) is 79.1 Å². The van der Waals surface area contributed by atoms with Crippen LogP contribution in [0.1, 0.15) is 55.4 Å². The van der Waals surface area contributed by atoms with Crippen molar-refractivity contribution in [3.63, 3.8) is 0 Å². The predicted octanol–water partition coefficient (Wildman–Crippen LogP) is 6.58. The third-order valence-corrected chi connectivity index (χ3v) is 2.19. The van der Waals surface area contributed by atoms with Crippen LogP contribution in [0.2, 0.25) is 0 Å². The summed E-state index contributed by atoms with van der Waals surface area (Å²) in [6.45, 7) is 21.3. The maximum Gasteiger partial charge on any atom is 4.00 e. The molecule has 0 fully saturated rings. The van der Waals surface area contributed by atoms with Crippen molar-refractivity contribution in [1.29, 1.82) is 0 Å². The van der Waals surface area contributed by atoms with E-state index in [4.69, 9.17) is 0 Å². The molecule has 4 nitrogen and oxygen atoms in total. The fourth-order valence-electron chi connectivity index (χ4n) is 1.46. The Hall–Kier alpha value is 0.554. The molecule has 0 saturated heterocycles. The molecule has 25 heavy (non-hydrogen) atoms. The molecule has 5 heteroatoms. The Balaban J connectivity index is -0.0000000702. The van der Waals surface area contributed by atoms with E-state index in [1.54, 1.807) is 0 Å². The molecule has 0 unspecified atom stereocenters. The third-order valence-electron chi connectivity index (χ3n) is 2.19. The summed E-state index contributed by atoms with van der Waals surface area (Å²) in [6.07, 6.45) is 0. The third kappa shape index (κ3) is 79.3. The maximum atomic E-state index is 3.94. The molecule has 0 saturated carbocycles. The van der Waals surface area contributed by atoms with Crippen molar-refractivity contribution in [2.45, 2.75) is 55.4 Å². The largest absolute Gasteiger partial charge is 4.00 e. The van der Waals surface area contributed by atoms with Gasteiger partial charge in [-0.25, -0.2) is 0 Å². The van der Waals surface area contributed by atoms with Gasteiger partial charge in [-0.3, -0.25) is 0 Å². The molecule has 0 N–H and O–H groups in total. The molecule has 0 spiro atoms. The van der Waals surface area contributed by atoms with Crippen LogP contribution in [-0.4, -0.2) is 54.4 Å². The number of rotatable bonds is 8. The van der Waals surface area contributed by atoms with Crippen molar-refractivity contribution in [2.75, 3.05) is 54.4 Å². The quantitative estimate of drug-likeness (QED) is 0.419. The summed E-state index contributed by atoms with van der Waals surface area (Å²) in [4.78, 5) is 0. The molecule has 0 aliphatic rings. The van der Waals surface area contributed by atoms with Gasteiger partial charge in [-0.15, -0.1) is 26.2 Å². The van der Waals surface area contributed by atoms with Gasteiger partial charge in [0.05, 0.1) is 0 Å². The number of nitrogens with zero attached hydrogens (tertiary/aromatic N) is 4. The Kier molecular flexibility index (Phi) is 47.0. The molecule has 152 valence electrons. The van der Waals surface area contributed by atoms with Crippen molar-refractivity contribution in [3.05, 3.63) is 21.3 Å². The van der Waals surface area contributed by atoms with Gasteiger partial charge in [0.15, 0.2) is 0 Å². The first-order chi connectivity index (χ1) is 11.1. The zero-order chi connectivity index (χ0) is 20.0. The fourth-order valence-corrected chi connectivity index (χ4v) is 1.46. The Morgan fingerprint density at radius 2 is 0.520 bits per heavy atom. The molecule has 0 aromatic carbocycles. The average Bonchev–Trinajstić information content (AvgIpc) is 2.39. The van der Waals surface area contributed by atoms with E-state index in [0.29, 0.717) is 0 Å². The molecule has 0 bridgehead atoms. The molecule has 0 amide bonds. The van der Waals surface area contributed by atoms with Crippen molar-refractivity contribution in [2.24, 2.45) is 23.7 Å². The second kappa shape index (κ2) is 32.2. The Morgan fingerprint density at radius 1 is 0.400 bits per heavy atom. The molecular formula is C20H48N4Ti. The van der Waals surface area contributed by atoms with Crippen LogP contribution in [0.5, 0.6) is 0 Å². The fraction of sp³-hybridized carbons (Fsp3) is 1.00. The van der Waals surface area contributed by atoms with E-state index in [1.807, 2.05) is 28.2 Å². The summed E-state index contributed by atoms with van der Waals surface area (Å²) >= 11 is 0. The van der Waals surface area contributed by atoms with Crippen LogP contribution < -0.4 is 0 Å². The van der Waals surface area contributed by atoms with Crippen LogP contribution in [0.4, 0.5) is 0 Å². The van der Waals surface area contributed by atoms with E-state index in [9.17, 15) is 0 Å². The van der Waals surface area contributed by atoms with E-state index in [1.165, 1.54) is 0 Å². The minimum atomic E-state index is 0. The van der Waals surface area contributed by atoms with Crippen LogP contribution in [0.3, 0.4) is 0 Å². The first-order valence-electron chi connectivity index (χ1n) is 9.31. The standard InChI is InChI=1S/4C5H12N.Ti/c4*1-5(2)4-6-3;/h4*5H,4H2,1-3H3;/q4*-1;+4. The van der Waals surface area contributed by atoms with Crippen LogP contribution in [0.25, 0.3) is 21.3 Å². The van der Waals surface area contributed by atoms with Crippen LogP contribution >= 0.6 is 0 Å². The van der Waals surface area contributed by atoms with E-state index < -0.39 is 0 Å². The van der Waals surface area contributed by atoms with Gasteiger partial charge in [0.2, 0.25) is 0 Å². The molecule has 0 aliphatic carbocycles. The van der Waals surface area contributed by atoms with Gasteiger partial charge >= 0.3 is 21.7 Å². The van der Waals surface area contributed by atoms with Crippen molar-refractivity contribution >= 4 is 0 Å². The predicted molar refractivity (Wildman–Crippen MR) is 116 cm³/mol. The van der Waals surface area contributed by atoms with Crippen molar-refractivity contribution < 1.29 is 21.7 Å². The van der Waals surface area contributed by atoms with Crippen molar-refractivity contribution in [1.82, 2.24) is 0 Å². The molecule has 0 rings (SSSR count). The zero-order valence-corrected chi connectivity index (χ0v) is 21.0. The number of hydrogen-bond donors (Lipinski definition) is 0. The van der Waals surface area contributed by atoms with E-state index in [-0.39, 0.29) is 21.7 Å². The molecular weight excluding hydrogens is 344 g/mol. The van der Waals surface area contributed by atoms with Crippen LogP contribution in [0, 0.1) is 23.7 Å². The monoisotopic (exact) mass is 392 g/mol. The second-order valence-corrected chi connectivity index (χ2v) is 7.57. The maximum absolute atomic E-state index is 3.94. The summed E-state index contributed by atoms with van der Waals surface area (Å²) in [5.41, 5.74) is 0. The zero-order valence-electron chi connectivity index (χ0n) is 19.4. The van der Waals surface area contributed by atoms with Gasteiger partial charge in [0.1, 0.15) is 0 Å². The first kappa shape index (κ1) is 36.5. The van der Waals surface area contributed by atoms with Gasteiger partial charge < -0.3 is 21.3 Å². The summed E-state index contributed by atoms with van der Waals surface area (Å²) in [5, 5.41) is 15.7. The van der Waals surface area contributed by atoms with E-state index in [2.05, 4.69) is 76.7 Å². The van der Waals surface area contributed by atoms with E-state index in [0.717, 1.165) is 49.9 Å². The number of hydrogen-bond acceptors (Lipinski definition) is 0. The minimum absolute atomic E-state index is 0. The molecule has 0 aliphatic heterocycles. The molecule has 0 aromatic heterocycles. The normalized spacial score (nSPS) is 9.60. The summed E-state index contributed by atoms with van der Waals surface area (Å²) < 4.78 is 0. The molecule has 0 radical (unpaired) electrons. The Bertz CT molecular complexity index is 147. The molecule has 0 atom stereocenters. The summed E-state index contributed by atoms with van der Waals surface area (Å²) in [7, 11) is 7.39. The van der Waals surface area contributed by atoms with Crippen molar-refractivity contribution in [3.8, 4) is 0 Å². The SMILES string of the molecule is C[N-]CC(C)C.C[N-]CC(C)C.C[N-]CC(C)C.C[N-]CC(C)C.[Ti+4]. The van der Waals surface area contributed by atoms with Gasteiger partial charge in [-0.2, -0.15) is 28.2 Å². The second-order valence-electron chi connectivity index (χ2n) is 7.57. The summed E-state index contributed by atoms with van der Waals surface area (Å²) in [6, 6.07) is 0. The average molecular weight is 392 g/mol. The Morgan fingerprint density at radius 3 is 0.520 bits per heavy atom.